The van der Waals surface area contributed by atoms with E-state index in [1.807, 2.05) is 13.8 Å². The van der Waals surface area contributed by atoms with Crippen LogP contribution in [0, 0.1) is 5.92 Å². The highest BCUT2D eigenvalue weighted by atomic mass is 32.1. The van der Waals surface area contributed by atoms with Gasteiger partial charge in [-0.25, -0.2) is 0 Å². The van der Waals surface area contributed by atoms with Crippen LogP contribution in [0.4, 0.5) is 0 Å². The zero-order valence-corrected chi connectivity index (χ0v) is 10.8. The topological polar surface area (TPSA) is 9.23 Å². The van der Waals surface area contributed by atoms with Gasteiger partial charge >= 0.3 is 0 Å². The Bertz CT molecular complexity index is 156. The summed E-state index contributed by atoms with van der Waals surface area (Å²) < 4.78 is 5.37. The number of hydrogen-bond acceptors (Lipinski definition) is 2. The fourth-order valence-corrected chi connectivity index (χ4v) is 2.24. The molecule has 1 aliphatic rings. The van der Waals surface area contributed by atoms with Gasteiger partial charge in [0, 0.05) is 12.4 Å². The summed E-state index contributed by atoms with van der Waals surface area (Å²) in [6, 6.07) is 0. The zero-order chi connectivity index (χ0) is 11.0. The number of allylic oxidation sites excluding steroid dienone is 2. The van der Waals surface area contributed by atoms with Crippen molar-refractivity contribution in [3.8, 4) is 0 Å². The molecule has 14 heavy (non-hydrogen) atoms. The fraction of sp³-hybridized carbons (Fsp3) is 0.833. The third-order valence-corrected chi connectivity index (χ3v) is 3.16. The molecular formula is C12H24OS. The lowest BCUT2D eigenvalue weighted by Gasteiger charge is -2.31. The number of ether oxygens (including phenoxy) is 1. The van der Waals surface area contributed by atoms with Crippen LogP contribution in [0.5, 0.6) is 0 Å². The molecule has 3 atom stereocenters. The highest BCUT2D eigenvalue weighted by Gasteiger charge is 2.26. The van der Waals surface area contributed by atoms with Gasteiger partial charge in [0.25, 0.3) is 0 Å². The third-order valence-electron chi connectivity index (χ3n) is 2.56. The molecule has 0 aromatic carbocycles. The predicted octanol–water partition coefficient (Wildman–Crippen LogP) is 3.70. The lowest BCUT2D eigenvalue weighted by Crippen LogP contribution is -2.31. The van der Waals surface area contributed by atoms with Gasteiger partial charge in [0.15, 0.2) is 0 Å². The summed E-state index contributed by atoms with van der Waals surface area (Å²) in [6.07, 6.45) is 8.34. The molecule has 0 amide bonds. The molecule has 0 N–H and O–H groups in total. The van der Waals surface area contributed by atoms with E-state index in [9.17, 15) is 0 Å². The maximum atomic E-state index is 5.37. The second kappa shape index (κ2) is 8.37. The molecule has 1 aliphatic carbocycles. The second-order valence-corrected chi connectivity index (χ2v) is 4.10. The van der Waals surface area contributed by atoms with E-state index in [0.29, 0.717) is 17.3 Å². The first-order valence-electron chi connectivity index (χ1n) is 5.61. The van der Waals surface area contributed by atoms with E-state index in [2.05, 4.69) is 31.7 Å². The summed E-state index contributed by atoms with van der Waals surface area (Å²) in [4.78, 5) is 0. The first-order valence-corrected chi connectivity index (χ1v) is 6.13. The van der Waals surface area contributed by atoms with Crippen molar-refractivity contribution in [1.29, 1.82) is 0 Å². The Morgan fingerprint density at radius 2 is 1.93 bits per heavy atom. The average Bonchev–Trinajstić information content (AvgIpc) is 2.24. The number of thiol groups is 1. The number of hydrogen-bond donors (Lipinski definition) is 1. The van der Waals surface area contributed by atoms with Crippen molar-refractivity contribution in [3.05, 3.63) is 12.2 Å². The van der Waals surface area contributed by atoms with Crippen LogP contribution >= 0.6 is 12.6 Å². The van der Waals surface area contributed by atoms with E-state index in [0.717, 1.165) is 6.42 Å². The summed E-state index contributed by atoms with van der Waals surface area (Å²) >= 11 is 4.50. The van der Waals surface area contributed by atoms with Gasteiger partial charge in [-0.05, 0) is 32.1 Å². The zero-order valence-electron chi connectivity index (χ0n) is 9.86. The molecule has 0 radical (unpaired) electrons. The minimum Gasteiger partial charge on any atom is -0.380 e. The van der Waals surface area contributed by atoms with Crippen molar-refractivity contribution >= 4 is 12.6 Å². The second-order valence-electron chi connectivity index (χ2n) is 3.44. The Morgan fingerprint density at radius 3 is 2.43 bits per heavy atom. The molecule has 0 aromatic heterocycles. The lowest BCUT2D eigenvalue weighted by atomic mass is 9.86. The van der Waals surface area contributed by atoms with E-state index in [1.165, 1.54) is 12.8 Å². The Hall–Kier alpha value is 0.0500. The minimum atomic E-state index is 0.350. The molecule has 1 fully saturated rings. The first kappa shape index (κ1) is 14.1. The van der Waals surface area contributed by atoms with E-state index in [1.54, 1.807) is 7.11 Å². The van der Waals surface area contributed by atoms with E-state index in [4.69, 9.17) is 4.74 Å². The van der Waals surface area contributed by atoms with Crippen molar-refractivity contribution in [2.45, 2.75) is 51.4 Å². The molecule has 2 heteroatoms. The summed E-state index contributed by atoms with van der Waals surface area (Å²) in [6.45, 7) is 6.08. The fourth-order valence-electron chi connectivity index (χ4n) is 1.84. The van der Waals surface area contributed by atoms with Crippen LogP contribution in [0.3, 0.4) is 0 Å². The van der Waals surface area contributed by atoms with Gasteiger partial charge < -0.3 is 4.74 Å². The quantitative estimate of drug-likeness (QED) is 0.547. The van der Waals surface area contributed by atoms with Gasteiger partial charge in [0.1, 0.15) is 0 Å². The standard InChI is InChI=1S/C10H18OS.C2H6/c1-3-4-8-5-6-10(12)9(7-8)11-2;1-2/h3-4,8-10,12H,5-7H2,1-2H3;1-2H3/b4-3-;. The first-order chi connectivity index (χ1) is 6.77. The Balaban J connectivity index is 0.000000791. The van der Waals surface area contributed by atoms with Crippen molar-refractivity contribution in [2.24, 2.45) is 5.92 Å². The Labute approximate surface area is 94.3 Å². The number of methoxy groups -OCH3 is 1. The lowest BCUT2D eigenvalue weighted by molar-refractivity contribution is 0.0648. The Kier molecular flexibility index (Phi) is 8.40. The third kappa shape index (κ3) is 4.52. The summed E-state index contributed by atoms with van der Waals surface area (Å²) in [5, 5.41) is 0.441. The van der Waals surface area contributed by atoms with Gasteiger partial charge in [-0.2, -0.15) is 12.6 Å². The van der Waals surface area contributed by atoms with Crippen LogP contribution in [0.2, 0.25) is 0 Å². The van der Waals surface area contributed by atoms with Crippen molar-refractivity contribution in [3.63, 3.8) is 0 Å². The van der Waals surface area contributed by atoms with Crippen LogP contribution in [0.25, 0.3) is 0 Å². The molecule has 0 heterocycles. The summed E-state index contributed by atoms with van der Waals surface area (Å²) in [7, 11) is 1.78. The molecule has 1 rings (SSSR count). The van der Waals surface area contributed by atoms with Crippen LogP contribution in [0.1, 0.15) is 40.0 Å². The highest BCUT2D eigenvalue weighted by molar-refractivity contribution is 7.81. The molecule has 84 valence electrons. The molecule has 0 aliphatic heterocycles. The van der Waals surface area contributed by atoms with Crippen molar-refractivity contribution < 1.29 is 4.74 Å². The summed E-state index contributed by atoms with van der Waals surface area (Å²) in [5.41, 5.74) is 0. The molecule has 1 saturated carbocycles. The van der Waals surface area contributed by atoms with Crippen LogP contribution < -0.4 is 0 Å². The molecule has 3 unspecified atom stereocenters. The van der Waals surface area contributed by atoms with Gasteiger partial charge in [-0.1, -0.05) is 26.0 Å². The van der Waals surface area contributed by atoms with Crippen LogP contribution in [-0.4, -0.2) is 18.5 Å². The SMILES string of the molecule is C/C=C\C1CCC(S)C(OC)C1.CC. The molecule has 0 bridgehead atoms. The smallest absolute Gasteiger partial charge is 0.0692 e. The maximum absolute atomic E-state index is 5.37. The molecule has 0 spiro atoms. The van der Waals surface area contributed by atoms with Crippen LogP contribution in [-0.2, 0) is 4.74 Å². The summed E-state index contributed by atoms with van der Waals surface area (Å²) in [5.74, 6) is 0.711. The Morgan fingerprint density at radius 1 is 1.29 bits per heavy atom. The van der Waals surface area contributed by atoms with E-state index >= 15 is 0 Å². The van der Waals surface area contributed by atoms with Gasteiger partial charge in [0.2, 0.25) is 0 Å². The van der Waals surface area contributed by atoms with E-state index < -0.39 is 0 Å². The monoisotopic (exact) mass is 216 g/mol. The largest absolute Gasteiger partial charge is 0.380 e. The molecule has 0 saturated heterocycles. The normalized spacial score (nSPS) is 32.5. The van der Waals surface area contributed by atoms with Crippen molar-refractivity contribution in [1.82, 2.24) is 0 Å². The highest BCUT2D eigenvalue weighted by Crippen LogP contribution is 2.30. The molecular weight excluding hydrogens is 192 g/mol. The maximum Gasteiger partial charge on any atom is 0.0692 e. The van der Waals surface area contributed by atoms with Crippen LogP contribution in [0.15, 0.2) is 12.2 Å². The molecule has 0 aromatic rings. The van der Waals surface area contributed by atoms with Gasteiger partial charge in [-0.15, -0.1) is 0 Å². The van der Waals surface area contributed by atoms with E-state index in [-0.39, 0.29) is 0 Å². The number of rotatable bonds is 2. The minimum absolute atomic E-state index is 0.350. The predicted molar refractivity (Wildman–Crippen MR) is 67.1 cm³/mol. The van der Waals surface area contributed by atoms with Gasteiger partial charge in [0.05, 0.1) is 6.10 Å². The average molecular weight is 216 g/mol. The molecule has 1 nitrogen and oxygen atoms in total. The van der Waals surface area contributed by atoms with Gasteiger partial charge in [-0.3, -0.25) is 0 Å². The van der Waals surface area contributed by atoms with Crippen molar-refractivity contribution in [2.75, 3.05) is 7.11 Å².